The Hall–Kier alpha value is -0.940. The van der Waals surface area contributed by atoms with E-state index in [0.29, 0.717) is 30.9 Å². The molecule has 0 aromatic carbocycles. The highest BCUT2D eigenvalue weighted by Gasteiger charge is 2.15. The number of thiocyanates is 2. The highest BCUT2D eigenvalue weighted by molar-refractivity contribution is 9.10. The average Bonchev–Trinajstić information content (AvgIpc) is 2.86. The molecule has 0 atom stereocenters. The summed E-state index contributed by atoms with van der Waals surface area (Å²) >= 11 is 8.43. The molecule has 0 radical (unpaired) electrons. The first-order valence-corrected chi connectivity index (χ1v) is 7.51. The van der Waals surface area contributed by atoms with Gasteiger partial charge in [-0.3, -0.25) is 0 Å². The van der Waals surface area contributed by atoms with E-state index in [9.17, 15) is 0 Å². The van der Waals surface area contributed by atoms with Crippen molar-refractivity contribution in [2.24, 2.45) is 0 Å². The van der Waals surface area contributed by atoms with E-state index in [4.69, 9.17) is 10.5 Å². The molecule has 2 N–H and O–H groups in total. The number of hydrogen-bond acceptors (Lipinski definition) is 6. The predicted octanol–water partition coefficient (Wildman–Crippen LogP) is 3.47. The highest BCUT2D eigenvalue weighted by atomic mass is 79.9. The molecule has 0 unspecified atom stereocenters. The van der Waals surface area contributed by atoms with E-state index in [1.807, 2.05) is 10.8 Å². The third-order valence-electron chi connectivity index (χ3n) is 1.77. The molecule has 18 heavy (non-hydrogen) atoms. The van der Waals surface area contributed by atoms with Crippen LogP contribution in [0.4, 0.5) is 0 Å². The lowest BCUT2D eigenvalue weighted by molar-refractivity contribution is 1.13. The number of hydrogen-bond donors (Lipinski definition) is 2. The molecule has 6 nitrogen and oxygen atoms in total. The Morgan fingerprint density at radius 1 is 0.889 bits per heavy atom. The van der Waals surface area contributed by atoms with Crippen LogP contribution < -0.4 is 0 Å². The molecule has 0 aliphatic carbocycles. The maximum absolute atomic E-state index is 8.61. The van der Waals surface area contributed by atoms with Gasteiger partial charge in [0.2, 0.25) is 0 Å². The molecule has 10 heteroatoms. The normalized spacial score (nSPS) is 10.0. The van der Waals surface area contributed by atoms with Gasteiger partial charge in [0, 0.05) is 23.5 Å². The predicted molar refractivity (Wildman–Crippen MR) is 74.5 cm³/mol. The molecule has 2 aromatic heterocycles. The molecule has 0 bridgehead atoms. The summed E-state index contributed by atoms with van der Waals surface area (Å²) in [5, 5.41) is 22.2. The second kappa shape index (κ2) is 5.80. The van der Waals surface area contributed by atoms with Gasteiger partial charge in [0.15, 0.2) is 11.6 Å². The molecule has 0 amide bonds. The van der Waals surface area contributed by atoms with Crippen LogP contribution in [0.3, 0.4) is 0 Å². The molecule has 0 aliphatic heterocycles. The van der Waals surface area contributed by atoms with E-state index >= 15 is 0 Å². The summed E-state index contributed by atoms with van der Waals surface area (Å²) in [5.74, 6) is 0.982. The fraction of sp³-hybridized carbons (Fsp3) is 0. The molecule has 90 valence electrons. The number of imidazole rings is 2. The van der Waals surface area contributed by atoms with E-state index in [1.165, 1.54) is 0 Å². The minimum absolute atomic E-state index is 0.491. The fourth-order valence-corrected chi connectivity index (χ4v) is 2.88. The molecule has 0 spiro atoms. The summed E-state index contributed by atoms with van der Waals surface area (Å²) in [6.07, 6.45) is 0. The van der Waals surface area contributed by atoms with E-state index in [0.717, 1.165) is 23.5 Å². The fourth-order valence-electron chi connectivity index (χ4n) is 1.12. The molecule has 2 rings (SSSR count). The van der Waals surface area contributed by atoms with Gasteiger partial charge in [-0.25, -0.2) is 9.97 Å². The van der Waals surface area contributed by atoms with Crippen LogP contribution in [0.2, 0.25) is 0 Å². The van der Waals surface area contributed by atoms with Crippen LogP contribution in [0.25, 0.3) is 11.6 Å². The van der Waals surface area contributed by atoms with Gasteiger partial charge in [0.25, 0.3) is 0 Å². The third kappa shape index (κ3) is 2.72. The van der Waals surface area contributed by atoms with E-state index in [-0.39, 0.29) is 0 Å². The summed E-state index contributed by atoms with van der Waals surface area (Å²) in [7, 11) is 0. The van der Waals surface area contributed by atoms with Crippen molar-refractivity contribution in [2.75, 3.05) is 0 Å². The Balaban J connectivity index is 2.38. The zero-order chi connectivity index (χ0) is 13.1. The minimum atomic E-state index is 0.491. The monoisotopic (exact) mass is 404 g/mol. The van der Waals surface area contributed by atoms with Crippen LogP contribution in [-0.2, 0) is 0 Å². The smallest absolute Gasteiger partial charge is 0.175 e. The van der Waals surface area contributed by atoms with Crippen molar-refractivity contribution in [2.45, 2.75) is 10.1 Å². The van der Waals surface area contributed by atoms with Gasteiger partial charge in [-0.1, -0.05) is 0 Å². The topological polar surface area (TPSA) is 105 Å². The summed E-state index contributed by atoms with van der Waals surface area (Å²) in [5.41, 5.74) is 0. The number of nitrogens with zero attached hydrogens (tertiary/aromatic N) is 4. The van der Waals surface area contributed by atoms with Gasteiger partial charge in [-0.15, -0.1) is 0 Å². The van der Waals surface area contributed by atoms with Gasteiger partial charge >= 0.3 is 0 Å². The summed E-state index contributed by atoms with van der Waals surface area (Å²) in [6.45, 7) is 0. The van der Waals surface area contributed by atoms with Crippen LogP contribution in [0.1, 0.15) is 0 Å². The Kier molecular flexibility index (Phi) is 4.35. The largest absolute Gasteiger partial charge is 0.329 e. The summed E-state index contributed by atoms with van der Waals surface area (Å²) < 4.78 is 1.23. The third-order valence-corrected chi connectivity index (χ3v) is 4.60. The van der Waals surface area contributed by atoms with Crippen molar-refractivity contribution < 1.29 is 0 Å². The Labute approximate surface area is 127 Å². The number of nitriles is 2. The van der Waals surface area contributed by atoms with Gasteiger partial charge < -0.3 is 9.97 Å². The van der Waals surface area contributed by atoms with E-state index in [1.54, 1.807) is 0 Å². The lowest BCUT2D eigenvalue weighted by Gasteiger charge is -1.86. The molecule has 2 heterocycles. The quantitative estimate of drug-likeness (QED) is 0.598. The number of H-pyrrole nitrogens is 2. The summed E-state index contributed by atoms with van der Waals surface area (Å²) in [4.78, 5) is 14.3. The van der Waals surface area contributed by atoms with Gasteiger partial charge in [-0.05, 0) is 31.9 Å². The van der Waals surface area contributed by atoms with Crippen molar-refractivity contribution >= 4 is 55.4 Å². The van der Waals surface area contributed by atoms with Gasteiger partial charge in [0.05, 0.1) is 0 Å². The SMILES string of the molecule is N#CSc1nc(-c2nc(SC#N)c(Br)[nH]2)[nH]c1Br. The second-order valence-electron chi connectivity index (χ2n) is 2.80. The van der Waals surface area contributed by atoms with Crippen LogP contribution in [0.15, 0.2) is 19.3 Å². The molecule has 0 saturated carbocycles. The lowest BCUT2D eigenvalue weighted by Crippen LogP contribution is -1.82. The maximum Gasteiger partial charge on any atom is 0.175 e. The molecule has 0 aliphatic rings. The standard InChI is InChI=1S/C8H2Br2N6S2/c9-3-7(17-1-11)15-5(13-3)6-14-4(10)8(16-6)18-2-12/h(H,13,15)(H,14,16). The van der Waals surface area contributed by atoms with Crippen LogP contribution in [0, 0.1) is 21.3 Å². The van der Waals surface area contributed by atoms with Crippen LogP contribution in [0.5, 0.6) is 0 Å². The lowest BCUT2D eigenvalue weighted by atomic mass is 10.6. The first-order valence-electron chi connectivity index (χ1n) is 4.29. The second-order valence-corrected chi connectivity index (χ2v) is 5.93. The maximum atomic E-state index is 8.61. The van der Waals surface area contributed by atoms with Crippen molar-refractivity contribution in [1.82, 2.24) is 19.9 Å². The molecular weight excluding hydrogens is 404 g/mol. The number of rotatable bonds is 3. The average molecular weight is 406 g/mol. The van der Waals surface area contributed by atoms with Crippen molar-refractivity contribution in [3.8, 4) is 22.5 Å². The first-order chi connectivity index (χ1) is 8.65. The van der Waals surface area contributed by atoms with Gasteiger partial charge in [0.1, 0.15) is 30.1 Å². The molecular formula is C8H2Br2N6S2. The van der Waals surface area contributed by atoms with Crippen LogP contribution >= 0.6 is 55.4 Å². The number of thioether (sulfide) groups is 2. The number of halogens is 2. The van der Waals surface area contributed by atoms with Crippen molar-refractivity contribution in [1.29, 1.82) is 10.5 Å². The molecule has 0 fully saturated rings. The van der Waals surface area contributed by atoms with Crippen LogP contribution in [-0.4, -0.2) is 19.9 Å². The molecule has 0 saturated heterocycles. The Bertz CT molecular complexity index is 606. The zero-order valence-corrected chi connectivity index (χ0v) is 13.2. The first kappa shape index (κ1) is 13.5. The van der Waals surface area contributed by atoms with Gasteiger partial charge in [-0.2, -0.15) is 10.5 Å². The van der Waals surface area contributed by atoms with E-state index < -0.39 is 0 Å². The number of aromatic amines is 2. The van der Waals surface area contributed by atoms with Crippen molar-refractivity contribution in [3.63, 3.8) is 0 Å². The molecule has 2 aromatic rings. The Morgan fingerprint density at radius 3 is 1.61 bits per heavy atom. The van der Waals surface area contributed by atoms with Crippen molar-refractivity contribution in [3.05, 3.63) is 9.21 Å². The Morgan fingerprint density at radius 2 is 1.28 bits per heavy atom. The highest BCUT2D eigenvalue weighted by Crippen LogP contribution is 2.30. The number of aromatic nitrogens is 4. The minimum Gasteiger partial charge on any atom is -0.329 e. The van der Waals surface area contributed by atoms with E-state index in [2.05, 4.69) is 51.8 Å². The zero-order valence-electron chi connectivity index (χ0n) is 8.36. The number of nitrogens with one attached hydrogen (secondary N) is 2. The summed E-state index contributed by atoms with van der Waals surface area (Å²) in [6, 6.07) is 0.